The van der Waals surface area contributed by atoms with Crippen molar-refractivity contribution in [1.29, 1.82) is 0 Å². The van der Waals surface area contributed by atoms with Gasteiger partial charge in [-0.25, -0.2) is 0 Å². The minimum absolute atomic E-state index is 0.164. The summed E-state index contributed by atoms with van der Waals surface area (Å²) < 4.78 is 11.1. The fourth-order valence-corrected chi connectivity index (χ4v) is 2.98. The van der Waals surface area contributed by atoms with Crippen LogP contribution in [0.2, 0.25) is 0 Å². The van der Waals surface area contributed by atoms with Crippen LogP contribution in [0.15, 0.2) is 48.5 Å². The molecule has 0 bridgehead atoms. The van der Waals surface area contributed by atoms with Crippen molar-refractivity contribution in [2.45, 2.75) is 31.5 Å². The van der Waals surface area contributed by atoms with Gasteiger partial charge in [-0.1, -0.05) is 36.4 Å². The second-order valence-corrected chi connectivity index (χ2v) is 5.88. The maximum absolute atomic E-state index is 9.65. The molecule has 2 aromatic carbocycles. The number of hydrogen-bond donors (Lipinski definition) is 2. The minimum atomic E-state index is 0.164. The molecule has 0 amide bonds. The van der Waals surface area contributed by atoms with E-state index in [2.05, 4.69) is 29.6 Å². The SMILES string of the molecule is COc1cc(CN[C@H]2CCO[C@H](c3ccccc3)C2)ccc1O. The van der Waals surface area contributed by atoms with Crippen LogP contribution in [0.25, 0.3) is 0 Å². The molecule has 0 aliphatic carbocycles. The Morgan fingerprint density at radius 3 is 2.83 bits per heavy atom. The normalized spacial score (nSPS) is 21.1. The molecule has 0 unspecified atom stereocenters. The molecule has 1 aliphatic heterocycles. The molecule has 3 rings (SSSR count). The van der Waals surface area contributed by atoms with Gasteiger partial charge in [0.15, 0.2) is 11.5 Å². The predicted octanol–water partition coefficient (Wildman–Crippen LogP) is 3.41. The van der Waals surface area contributed by atoms with E-state index >= 15 is 0 Å². The smallest absolute Gasteiger partial charge is 0.160 e. The molecule has 4 nitrogen and oxygen atoms in total. The van der Waals surface area contributed by atoms with Crippen LogP contribution >= 0.6 is 0 Å². The summed E-state index contributed by atoms with van der Waals surface area (Å²) in [5.74, 6) is 0.685. The summed E-state index contributed by atoms with van der Waals surface area (Å²) in [5, 5.41) is 13.2. The van der Waals surface area contributed by atoms with Gasteiger partial charge < -0.3 is 19.9 Å². The summed E-state index contributed by atoms with van der Waals surface area (Å²) in [6, 6.07) is 16.3. The van der Waals surface area contributed by atoms with Gasteiger partial charge in [-0.15, -0.1) is 0 Å². The Hall–Kier alpha value is -2.04. The maximum atomic E-state index is 9.65. The summed E-state index contributed by atoms with van der Waals surface area (Å²) in [7, 11) is 1.56. The van der Waals surface area contributed by atoms with Crippen molar-refractivity contribution in [3.8, 4) is 11.5 Å². The average molecular weight is 313 g/mol. The second-order valence-electron chi connectivity index (χ2n) is 5.88. The van der Waals surface area contributed by atoms with Crippen LogP contribution in [0.4, 0.5) is 0 Å². The fourth-order valence-electron chi connectivity index (χ4n) is 2.98. The Balaban J connectivity index is 1.58. The number of ether oxygens (including phenoxy) is 2. The molecule has 0 saturated carbocycles. The highest BCUT2D eigenvalue weighted by Crippen LogP contribution is 2.29. The first-order chi connectivity index (χ1) is 11.3. The largest absolute Gasteiger partial charge is 0.504 e. The highest BCUT2D eigenvalue weighted by Gasteiger charge is 2.23. The molecule has 122 valence electrons. The van der Waals surface area contributed by atoms with E-state index in [1.165, 1.54) is 5.56 Å². The van der Waals surface area contributed by atoms with Crippen molar-refractivity contribution in [2.24, 2.45) is 0 Å². The zero-order valence-electron chi connectivity index (χ0n) is 13.4. The van der Waals surface area contributed by atoms with Gasteiger partial charge in [0.05, 0.1) is 13.2 Å². The highest BCUT2D eigenvalue weighted by atomic mass is 16.5. The molecule has 2 N–H and O–H groups in total. The van der Waals surface area contributed by atoms with Gasteiger partial charge >= 0.3 is 0 Å². The van der Waals surface area contributed by atoms with Crippen LogP contribution in [0, 0.1) is 0 Å². The second kappa shape index (κ2) is 7.49. The molecule has 0 radical (unpaired) electrons. The third-order valence-electron chi connectivity index (χ3n) is 4.29. The molecule has 1 saturated heterocycles. The van der Waals surface area contributed by atoms with E-state index in [9.17, 15) is 5.11 Å². The standard InChI is InChI=1S/C19H23NO3/c1-22-19-11-14(7-8-17(19)21)13-20-16-9-10-23-18(12-16)15-5-3-2-4-6-15/h2-8,11,16,18,20-21H,9-10,12-13H2,1H3/t16-,18-/m0/s1. The number of phenolic OH excluding ortho intramolecular Hbond substituents is 1. The summed E-state index contributed by atoms with van der Waals surface area (Å²) in [6.07, 6.45) is 2.15. The summed E-state index contributed by atoms with van der Waals surface area (Å²) in [6.45, 7) is 1.53. The van der Waals surface area contributed by atoms with Gasteiger partial charge in [0.25, 0.3) is 0 Å². The Bertz CT molecular complexity index is 630. The van der Waals surface area contributed by atoms with Gasteiger partial charge in [0, 0.05) is 19.2 Å². The van der Waals surface area contributed by atoms with E-state index in [1.807, 2.05) is 18.2 Å². The lowest BCUT2D eigenvalue weighted by Crippen LogP contribution is -2.35. The van der Waals surface area contributed by atoms with Crippen molar-refractivity contribution >= 4 is 0 Å². The number of aromatic hydroxyl groups is 1. The van der Waals surface area contributed by atoms with Crippen LogP contribution in [0.1, 0.15) is 30.1 Å². The zero-order chi connectivity index (χ0) is 16.1. The van der Waals surface area contributed by atoms with Gasteiger partial charge in [-0.05, 0) is 36.1 Å². The van der Waals surface area contributed by atoms with Crippen LogP contribution in [0.5, 0.6) is 11.5 Å². The lowest BCUT2D eigenvalue weighted by molar-refractivity contribution is -0.0000441. The molecule has 4 heteroatoms. The number of rotatable bonds is 5. The van der Waals surface area contributed by atoms with E-state index in [-0.39, 0.29) is 11.9 Å². The van der Waals surface area contributed by atoms with Crippen molar-refractivity contribution in [3.63, 3.8) is 0 Å². The summed E-state index contributed by atoms with van der Waals surface area (Å²) >= 11 is 0. The van der Waals surface area contributed by atoms with Gasteiger partial charge in [-0.3, -0.25) is 0 Å². The Labute approximate surface area is 137 Å². The van der Waals surface area contributed by atoms with Crippen LogP contribution < -0.4 is 10.1 Å². The lowest BCUT2D eigenvalue weighted by atomic mass is 9.97. The quantitative estimate of drug-likeness (QED) is 0.888. The van der Waals surface area contributed by atoms with Crippen LogP contribution in [-0.2, 0) is 11.3 Å². The number of benzene rings is 2. The van der Waals surface area contributed by atoms with Crippen LogP contribution in [-0.4, -0.2) is 24.9 Å². The Morgan fingerprint density at radius 2 is 2.04 bits per heavy atom. The van der Waals surface area contributed by atoms with E-state index in [4.69, 9.17) is 9.47 Å². The molecular formula is C19H23NO3. The molecule has 1 heterocycles. The highest BCUT2D eigenvalue weighted by molar-refractivity contribution is 5.41. The van der Waals surface area contributed by atoms with E-state index < -0.39 is 0 Å². The first kappa shape index (κ1) is 15.8. The first-order valence-corrected chi connectivity index (χ1v) is 8.02. The lowest BCUT2D eigenvalue weighted by Gasteiger charge is -2.30. The molecule has 0 aromatic heterocycles. The van der Waals surface area contributed by atoms with Crippen LogP contribution in [0.3, 0.4) is 0 Å². The number of methoxy groups -OCH3 is 1. The van der Waals surface area contributed by atoms with Gasteiger partial charge in [0.2, 0.25) is 0 Å². The summed E-state index contributed by atoms with van der Waals surface area (Å²) in [4.78, 5) is 0. The molecule has 1 fully saturated rings. The summed E-state index contributed by atoms with van der Waals surface area (Å²) in [5.41, 5.74) is 2.34. The molecule has 2 atom stereocenters. The van der Waals surface area contributed by atoms with E-state index in [0.717, 1.165) is 31.6 Å². The molecular weight excluding hydrogens is 290 g/mol. The molecule has 1 aliphatic rings. The fraction of sp³-hybridized carbons (Fsp3) is 0.368. The monoisotopic (exact) mass is 313 g/mol. The molecule has 23 heavy (non-hydrogen) atoms. The van der Waals surface area contributed by atoms with Gasteiger partial charge in [0.1, 0.15) is 0 Å². The van der Waals surface area contributed by atoms with E-state index in [0.29, 0.717) is 11.8 Å². The third kappa shape index (κ3) is 4.03. The van der Waals surface area contributed by atoms with Crippen molar-refractivity contribution in [2.75, 3.05) is 13.7 Å². The maximum Gasteiger partial charge on any atom is 0.160 e. The van der Waals surface area contributed by atoms with E-state index in [1.54, 1.807) is 13.2 Å². The van der Waals surface area contributed by atoms with Crippen molar-refractivity contribution in [1.82, 2.24) is 5.32 Å². The number of hydrogen-bond acceptors (Lipinski definition) is 4. The minimum Gasteiger partial charge on any atom is -0.504 e. The van der Waals surface area contributed by atoms with Crippen molar-refractivity contribution in [3.05, 3.63) is 59.7 Å². The zero-order valence-corrected chi connectivity index (χ0v) is 13.4. The molecule has 2 aromatic rings. The van der Waals surface area contributed by atoms with Gasteiger partial charge in [-0.2, -0.15) is 0 Å². The first-order valence-electron chi connectivity index (χ1n) is 8.02. The topological polar surface area (TPSA) is 50.7 Å². The molecule has 0 spiro atoms. The predicted molar refractivity (Wildman–Crippen MR) is 89.7 cm³/mol. The third-order valence-corrected chi connectivity index (χ3v) is 4.29. The number of nitrogens with one attached hydrogen (secondary N) is 1. The average Bonchev–Trinajstić information content (AvgIpc) is 2.62. The van der Waals surface area contributed by atoms with Crippen molar-refractivity contribution < 1.29 is 14.6 Å². The Morgan fingerprint density at radius 1 is 1.22 bits per heavy atom. The number of phenols is 1. The Kier molecular flexibility index (Phi) is 5.16.